The molecule has 0 aliphatic heterocycles. The van der Waals surface area contributed by atoms with Crippen LogP contribution in [0.15, 0.2) is 18.2 Å². The number of benzene rings is 1. The lowest BCUT2D eigenvalue weighted by Crippen LogP contribution is -2.18. The van der Waals surface area contributed by atoms with Crippen molar-refractivity contribution in [2.45, 2.75) is 19.4 Å². The van der Waals surface area contributed by atoms with Crippen LogP contribution in [-0.2, 0) is 10.8 Å². The van der Waals surface area contributed by atoms with Crippen LogP contribution in [0.3, 0.4) is 0 Å². The van der Waals surface area contributed by atoms with E-state index in [0.29, 0.717) is 22.9 Å². The average Bonchev–Trinajstić information content (AvgIpc) is 2.28. The van der Waals surface area contributed by atoms with E-state index in [4.69, 9.17) is 11.6 Å². The Morgan fingerprint density at radius 2 is 2.22 bits per heavy atom. The monoisotopic (exact) mass is 290 g/mol. The summed E-state index contributed by atoms with van der Waals surface area (Å²) in [5.41, 5.74) is 0.380. The maximum atomic E-state index is 11.0. The van der Waals surface area contributed by atoms with Gasteiger partial charge in [0.2, 0.25) is 0 Å². The highest BCUT2D eigenvalue weighted by atomic mass is 35.5. The van der Waals surface area contributed by atoms with Crippen LogP contribution in [-0.4, -0.2) is 27.2 Å². The molecule has 1 aromatic rings. The van der Waals surface area contributed by atoms with E-state index in [2.05, 4.69) is 5.32 Å². The molecule has 0 saturated heterocycles. The Balaban J connectivity index is 2.77. The van der Waals surface area contributed by atoms with Gasteiger partial charge in [-0.2, -0.15) is 0 Å². The third-order valence-corrected chi connectivity index (χ3v) is 3.44. The minimum absolute atomic E-state index is 0.00813. The summed E-state index contributed by atoms with van der Waals surface area (Å²) < 4.78 is 11.0. The minimum Gasteiger partial charge on any atom is -0.377 e. The molecule has 0 bridgehead atoms. The van der Waals surface area contributed by atoms with Crippen LogP contribution in [0, 0.1) is 10.1 Å². The molecule has 1 rings (SSSR count). The summed E-state index contributed by atoms with van der Waals surface area (Å²) in [6.45, 7) is 1.89. The molecule has 18 heavy (non-hydrogen) atoms. The molecular formula is C11H15ClN2O3S. The van der Waals surface area contributed by atoms with Crippen LogP contribution in [0.1, 0.15) is 13.3 Å². The van der Waals surface area contributed by atoms with Crippen molar-refractivity contribution >= 4 is 33.8 Å². The number of rotatable bonds is 6. The van der Waals surface area contributed by atoms with Crippen molar-refractivity contribution in [3.8, 4) is 0 Å². The fourth-order valence-electron chi connectivity index (χ4n) is 1.46. The molecule has 0 aliphatic rings. The zero-order valence-corrected chi connectivity index (χ0v) is 11.8. The first kappa shape index (κ1) is 14.9. The summed E-state index contributed by atoms with van der Waals surface area (Å²) in [5, 5.41) is 14.2. The van der Waals surface area contributed by atoms with Gasteiger partial charge in [0.1, 0.15) is 5.69 Å². The second kappa shape index (κ2) is 6.70. The normalized spacial score (nSPS) is 13.9. The Hall–Kier alpha value is -1.14. The van der Waals surface area contributed by atoms with E-state index >= 15 is 0 Å². The molecule has 2 atom stereocenters. The molecule has 5 nitrogen and oxygen atoms in total. The molecule has 0 radical (unpaired) electrons. The van der Waals surface area contributed by atoms with Gasteiger partial charge < -0.3 is 5.32 Å². The third kappa shape index (κ3) is 4.62. The molecule has 100 valence electrons. The highest BCUT2D eigenvalue weighted by molar-refractivity contribution is 7.84. The molecule has 0 aliphatic carbocycles. The molecule has 0 heterocycles. The quantitative estimate of drug-likeness (QED) is 0.646. The van der Waals surface area contributed by atoms with Crippen molar-refractivity contribution in [2.24, 2.45) is 0 Å². The van der Waals surface area contributed by atoms with Gasteiger partial charge >= 0.3 is 0 Å². The topological polar surface area (TPSA) is 72.2 Å². The van der Waals surface area contributed by atoms with Gasteiger partial charge in [0.05, 0.1) is 4.92 Å². The average molecular weight is 291 g/mol. The minimum atomic E-state index is -0.857. The van der Waals surface area contributed by atoms with E-state index < -0.39 is 15.7 Å². The number of nitro groups is 1. The van der Waals surface area contributed by atoms with Gasteiger partial charge in [-0.1, -0.05) is 11.6 Å². The van der Waals surface area contributed by atoms with E-state index in [9.17, 15) is 14.3 Å². The molecule has 0 amide bonds. The van der Waals surface area contributed by atoms with E-state index in [1.165, 1.54) is 6.07 Å². The largest absolute Gasteiger partial charge is 0.377 e. The second-order valence-electron chi connectivity index (χ2n) is 4.03. The lowest BCUT2D eigenvalue weighted by molar-refractivity contribution is -0.384. The number of hydrogen-bond donors (Lipinski definition) is 1. The lowest BCUT2D eigenvalue weighted by Gasteiger charge is -2.14. The first-order valence-electron chi connectivity index (χ1n) is 5.40. The molecule has 0 saturated carbocycles. The molecule has 7 heteroatoms. The van der Waals surface area contributed by atoms with Crippen LogP contribution in [0.4, 0.5) is 11.4 Å². The van der Waals surface area contributed by atoms with Crippen molar-refractivity contribution in [2.75, 3.05) is 17.3 Å². The Kier molecular flexibility index (Phi) is 5.55. The first-order chi connectivity index (χ1) is 8.40. The Morgan fingerprint density at radius 1 is 1.56 bits per heavy atom. The Labute approximate surface area is 113 Å². The molecular weight excluding hydrogens is 276 g/mol. The number of nitrogens with zero attached hydrogens (tertiary/aromatic N) is 1. The van der Waals surface area contributed by atoms with Crippen LogP contribution >= 0.6 is 11.6 Å². The summed E-state index contributed by atoms with van der Waals surface area (Å²) in [6, 6.07) is 4.50. The molecule has 1 aromatic carbocycles. The molecule has 2 unspecified atom stereocenters. The Bertz CT molecular complexity index is 468. The summed E-state index contributed by atoms with van der Waals surface area (Å²) in [6.07, 6.45) is 2.32. The number of anilines is 1. The van der Waals surface area contributed by atoms with Gasteiger partial charge in [-0.3, -0.25) is 14.3 Å². The van der Waals surface area contributed by atoms with Gasteiger partial charge in [0, 0.05) is 39.9 Å². The number of nitrogens with one attached hydrogen (secondary N) is 1. The zero-order chi connectivity index (χ0) is 13.7. The summed E-state index contributed by atoms with van der Waals surface area (Å²) in [4.78, 5) is 10.4. The van der Waals surface area contributed by atoms with Crippen LogP contribution in [0.2, 0.25) is 5.02 Å². The fourth-order valence-corrected chi connectivity index (χ4v) is 2.31. The third-order valence-electron chi connectivity index (χ3n) is 2.40. The van der Waals surface area contributed by atoms with Crippen LogP contribution < -0.4 is 5.32 Å². The van der Waals surface area contributed by atoms with Crippen molar-refractivity contribution < 1.29 is 9.13 Å². The van der Waals surface area contributed by atoms with Gasteiger partial charge in [-0.25, -0.2) is 0 Å². The van der Waals surface area contributed by atoms with Crippen molar-refractivity contribution in [1.82, 2.24) is 0 Å². The SMILES string of the molecule is CC(CCS(C)=O)Nc1ccc(Cl)cc1[N+](=O)[O-]. The van der Waals surface area contributed by atoms with Crippen LogP contribution in [0.5, 0.6) is 0 Å². The van der Waals surface area contributed by atoms with E-state index in [-0.39, 0.29) is 11.7 Å². The molecule has 0 spiro atoms. The highest BCUT2D eigenvalue weighted by Gasteiger charge is 2.15. The summed E-state index contributed by atoms with van der Waals surface area (Å²) >= 11 is 5.73. The molecule has 1 N–H and O–H groups in total. The fraction of sp³-hybridized carbons (Fsp3) is 0.455. The van der Waals surface area contributed by atoms with E-state index in [0.717, 1.165) is 0 Å². The lowest BCUT2D eigenvalue weighted by atomic mass is 10.2. The maximum absolute atomic E-state index is 11.0. The van der Waals surface area contributed by atoms with Gasteiger partial charge in [-0.15, -0.1) is 0 Å². The van der Waals surface area contributed by atoms with Crippen molar-refractivity contribution in [3.05, 3.63) is 33.3 Å². The van der Waals surface area contributed by atoms with Gasteiger partial charge in [-0.05, 0) is 25.5 Å². The molecule has 0 aromatic heterocycles. The zero-order valence-electron chi connectivity index (χ0n) is 10.2. The maximum Gasteiger partial charge on any atom is 0.293 e. The van der Waals surface area contributed by atoms with Gasteiger partial charge in [0.15, 0.2) is 0 Å². The van der Waals surface area contributed by atoms with Crippen molar-refractivity contribution in [3.63, 3.8) is 0 Å². The van der Waals surface area contributed by atoms with E-state index in [1.807, 2.05) is 6.92 Å². The van der Waals surface area contributed by atoms with E-state index in [1.54, 1.807) is 18.4 Å². The summed E-state index contributed by atoms with van der Waals surface area (Å²) in [7, 11) is -0.857. The van der Waals surface area contributed by atoms with Crippen LogP contribution in [0.25, 0.3) is 0 Å². The predicted octanol–water partition coefficient (Wildman–Crippen LogP) is 2.82. The Morgan fingerprint density at radius 3 is 2.78 bits per heavy atom. The number of halogens is 1. The number of hydrogen-bond acceptors (Lipinski definition) is 4. The smallest absolute Gasteiger partial charge is 0.293 e. The first-order valence-corrected chi connectivity index (χ1v) is 7.51. The summed E-state index contributed by atoms with van der Waals surface area (Å²) in [5.74, 6) is 0.565. The van der Waals surface area contributed by atoms with Gasteiger partial charge in [0.25, 0.3) is 5.69 Å². The highest BCUT2D eigenvalue weighted by Crippen LogP contribution is 2.28. The van der Waals surface area contributed by atoms with Crippen molar-refractivity contribution in [1.29, 1.82) is 0 Å². The number of nitro benzene ring substituents is 1. The molecule has 0 fully saturated rings. The standard InChI is InChI=1S/C11H15ClN2O3S/c1-8(5-6-18(2)17)13-10-4-3-9(12)7-11(10)14(15)16/h3-4,7-8,13H,5-6H2,1-2H3. The second-order valence-corrected chi connectivity index (χ2v) is 6.02. The predicted molar refractivity (Wildman–Crippen MR) is 74.7 cm³/mol.